The van der Waals surface area contributed by atoms with Crippen LogP contribution in [0.1, 0.15) is 33.2 Å². The molecule has 7 nitrogen and oxygen atoms in total. The molecule has 1 unspecified atom stereocenters. The average Bonchev–Trinajstić information content (AvgIpc) is 2.50. The molecular formula is C15H16O7. The third-order valence-corrected chi connectivity index (χ3v) is 2.64. The number of hydrogen-bond acceptors (Lipinski definition) is 7. The summed E-state index contributed by atoms with van der Waals surface area (Å²) in [5.41, 5.74) is 0.171. The normalized spacial score (nSPS) is 11.2. The molecular weight excluding hydrogens is 292 g/mol. The van der Waals surface area contributed by atoms with Gasteiger partial charge in [-0.15, -0.1) is 0 Å². The molecule has 1 rings (SSSR count). The van der Waals surface area contributed by atoms with Gasteiger partial charge < -0.3 is 9.84 Å². The summed E-state index contributed by atoms with van der Waals surface area (Å²) in [7, 11) is 1.16. The van der Waals surface area contributed by atoms with Gasteiger partial charge in [-0.1, -0.05) is 18.7 Å². The van der Waals surface area contributed by atoms with Crippen molar-refractivity contribution in [3.05, 3.63) is 47.5 Å². The number of rotatable bonds is 5. The number of ether oxygens (including phenoxy) is 1. The van der Waals surface area contributed by atoms with E-state index < -0.39 is 24.0 Å². The maximum Gasteiger partial charge on any atom is 0.387 e. The van der Waals surface area contributed by atoms with Crippen molar-refractivity contribution in [2.45, 2.75) is 19.4 Å². The van der Waals surface area contributed by atoms with Gasteiger partial charge in [0.05, 0.1) is 24.3 Å². The number of esters is 1. The van der Waals surface area contributed by atoms with Gasteiger partial charge in [0, 0.05) is 6.08 Å². The monoisotopic (exact) mass is 308 g/mol. The molecule has 0 aliphatic rings. The Balaban J connectivity index is 3.20. The lowest BCUT2D eigenvalue weighted by Crippen LogP contribution is -2.19. The Labute approximate surface area is 127 Å². The lowest BCUT2D eigenvalue weighted by atomic mass is 9.97. The summed E-state index contributed by atoms with van der Waals surface area (Å²) in [4.78, 5) is 43.4. The van der Waals surface area contributed by atoms with E-state index in [9.17, 15) is 19.5 Å². The Bertz CT molecular complexity index is 590. The van der Waals surface area contributed by atoms with Crippen molar-refractivity contribution in [1.82, 2.24) is 0 Å². The Morgan fingerprint density at radius 3 is 2.50 bits per heavy atom. The van der Waals surface area contributed by atoms with Crippen LogP contribution in [0, 0.1) is 0 Å². The summed E-state index contributed by atoms with van der Waals surface area (Å²) in [5.74, 6) is -2.76. The first-order valence-corrected chi connectivity index (χ1v) is 6.34. The second kappa shape index (κ2) is 7.94. The Hall–Kier alpha value is -2.67. The molecule has 1 aromatic rings. The van der Waals surface area contributed by atoms with Crippen LogP contribution in [-0.2, 0) is 25.7 Å². The predicted octanol–water partition coefficient (Wildman–Crippen LogP) is 1.20. The van der Waals surface area contributed by atoms with Gasteiger partial charge in [0.1, 0.15) is 0 Å². The molecule has 0 radical (unpaired) electrons. The Morgan fingerprint density at radius 2 is 1.95 bits per heavy atom. The molecule has 0 fully saturated rings. The molecule has 22 heavy (non-hydrogen) atoms. The van der Waals surface area contributed by atoms with Gasteiger partial charge in [-0.2, -0.15) is 0 Å². The van der Waals surface area contributed by atoms with Gasteiger partial charge in [0.25, 0.3) is 0 Å². The van der Waals surface area contributed by atoms with Crippen molar-refractivity contribution >= 4 is 17.9 Å². The van der Waals surface area contributed by atoms with E-state index in [0.29, 0.717) is 5.56 Å². The van der Waals surface area contributed by atoms with E-state index in [2.05, 4.69) is 21.1 Å². The van der Waals surface area contributed by atoms with Crippen LogP contribution in [0.2, 0.25) is 0 Å². The van der Waals surface area contributed by atoms with Crippen LogP contribution in [0.5, 0.6) is 0 Å². The lowest BCUT2D eigenvalue weighted by Gasteiger charge is -2.13. The second-order valence-corrected chi connectivity index (χ2v) is 4.36. The Kier molecular flexibility index (Phi) is 6.27. The van der Waals surface area contributed by atoms with Gasteiger partial charge in [0.2, 0.25) is 0 Å². The number of aliphatic hydroxyl groups excluding tert-OH is 1. The minimum absolute atomic E-state index is 0.0553. The van der Waals surface area contributed by atoms with Crippen molar-refractivity contribution in [2.75, 3.05) is 7.11 Å². The van der Waals surface area contributed by atoms with E-state index in [-0.39, 0.29) is 17.5 Å². The molecule has 0 heterocycles. The molecule has 0 saturated carbocycles. The summed E-state index contributed by atoms with van der Waals surface area (Å²) in [6.45, 7) is 4.68. The molecule has 0 aliphatic heterocycles. The lowest BCUT2D eigenvalue weighted by molar-refractivity contribution is -0.228. The second-order valence-electron chi connectivity index (χ2n) is 4.36. The zero-order valence-electron chi connectivity index (χ0n) is 12.2. The number of benzene rings is 1. The molecule has 118 valence electrons. The largest absolute Gasteiger partial charge is 0.465 e. The summed E-state index contributed by atoms with van der Waals surface area (Å²) in [5, 5.41) is 9.49. The van der Waals surface area contributed by atoms with Crippen molar-refractivity contribution in [3.8, 4) is 0 Å². The maximum atomic E-state index is 12.1. The standard InChI is InChI=1S/C15H16O7/c1-4-12(17)21-22-15(19)13-10(8-9(2)16)6-5-7-11(13)14(18)20-3/h4-7,9,16H,1,8H2,2-3H3. The van der Waals surface area contributed by atoms with E-state index >= 15 is 0 Å². The highest BCUT2D eigenvalue weighted by molar-refractivity contribution is 6.04. The molecule has 7 heteroatoms. The fourth-order valence-corrected chi connectivity index (χ4v) is 1.76. The van der Waals surface area contributed by atoms with Crippen LogP contribution in [-0.4, -0.2) is 36.2 Å². The quantitative estimate of drug-likeness (QED) is 0.377. The molecule has 0 aliphatic carbocycles. The zero-order chi connectivity index (χ0) is 16.7. The summed E-state index contributed by atoms with van der Waals surface area (Å²) >= 11 is 0. The molecule has 0 saturated heterocycles. The van der Waals surface area contributed by atoms with Gasteiger partial charge in [-0.05, 0) is 25.0 Å². The van der Waals surface area contributed by atoms with E-state index in [1.54, 1.807) is 6.07 Å². The van der Waals surface area contributed by atoms with Crippen LogP contribution in [0.15, 0.2) is 30.9 Å². The first-order chi connectivity index (χ1) is 10.4. The summed E-state index contributed by atoms with van der Waals surface area (Å²) in [6, 6.07) is 4.45. The summed E-state index contributed by atoms with van der Waals surface area (Å²) in [6.07, 6.45) is 0.163. The van der Waals surface area contributed by atoms with Crippen molar-refractivity contribution < 1.29 is 34.0 Å². The van der Waals surface area contributed by atoms with Gasteiger partial charge in [-0.3, -0.25) is 0 Å². The summed E-state index contributed by atoms with van der Waals surface area (Å²) < 4.78 is 4.60. The van der Waals surface area contributed by atoms with Crippen molar-refractivity contribution in [1.29, 1.82) is 0 Å². The smallest absolute Gasteiger partial charge is 0.387 e. The minimum Gasteiger partial charge on any atom is -0.465 e. The Morgan fingerprint density at radius 1 is 1.27 bits per heavy atom. The number of aliphatic hydroxyl groups is 1. The minimum atomic E-state index is -1.05. The molecule has 1 N–H and O–H groups in total. The van der Waals surface area contributed by atoms with Crippen LogP contribution < -0.4 is 0 Å². The van der Waals surface area contributed by atoms with Crippen molar-refractivity contribution in [3.63, 3.8) is 0 Å². The third kappa shape index (κ3) is 4.42. The van der Waals surface area contributed by atoms with Gasteiger partial charge >= 0.3 is 17.9 Å². The molecule has 0 spiro atoms. The molecule has 1 aromatic carbocycles. The highest BCUT2D eigenvalue weighted by Crippen LogP contribution is 2.19. The first kappa shape index (κ1) is 17.4. The van der Waals surface area contributed by atoms with E-state index in [1.165, 1.54) is 19.1 Å². The molecule has 1 atom stereocenters. The van der Waals surface area contributed by atoms with Crippen LogP contribution in [0.25, 0.3) is 0 Å². The highest BCUT2D eigenvalue weighted by atomic mass is 17.2. The number of hydrogen-bond donors (Lipinski definition) is 1. The average molecular weight is 308 g/mol. The van der Waals surface area contributed by atoms with Crippen LogP contribution in [0.3, 0.4) is 0 Å². The number of methoxy groups -OCH3 is 1. The topological polar surface area (TPSA) is 99.1 Å². The molecule has 0 amide bonds. The van der Waals surface area contributed by atoms with Crippen LogP contribution >= 0.6 is 0 Å². The third-order valence-electron chi connectivity index (χ3n) is 2.64. The predicted molar refractivity (Wildman–Crippen MR) is 74.9 cm³/mol. The van der Waals surface area contributed by atoms with Gasteiger partial charge in [-0.25, -0.2) is 24.2 Å². The maximum absolute atomic E-state index is 12.1. The zero-order valence-corrected chi connectivity index (χ0v) is 12.2. The van der Waals surface area contributed by atoms with E-state index in [0.717, 1.165) is 13.2 Å². The SMILES string of the molecule is C=CC(=O)OOC(=O)c1c(CC(C)O)cccc1C(=O)OC. The molecule has 0 aromatic heterocycles. The van der Waals surface area contributed by atoms with Crippen LogP contribution in [0.4, 0.5) is 0 Å². The van der Waals surface area contributed by atoms with E-state index in [4.69, 9.17) is 0 Å². The molecule has 0 bridgehead atoms. The number of carbonyl (C=O) groups excluding carboxylic acids is 3. The van der Waals surface area contributed by atoms with Gasteiger partial charge in [0.15, 0.2) is 0 Å². The fourth-order valence-electron chi connectivity index (χ4n) is 1.76. The highest BCUT2D eigenvalue weighted by Gasteiger charge is 2.24. The fraction of sp³-hybridized carbons (Fsp3) is 0.267. The first-order valence-electron chi connectivity index (χ1n) is 6.34. The van der Waals surface area contributed by atoms with Crippen molar-refractivity contribution in [2.24, 2.45) is 0 Å². The number of carbonyl (C=O) groups is 3. The van der Waals surface area contributed by atoms with E-state index in [1.807, 2.05) is 0 Å².